The van der Waals surface area contributed by atoms with Crippen molar-refractivity contribution in [2.24, 2.45) is 0 Å². The second-order valence-electron chi connectivity index (χ2n) is 4.25. The van der Waals surface area contributed by atoms with E-state index >= 15 is 0 Å². The monoisotopic (exact) mass is 352 g/mol. The summed E-state index contributed by atoms with van der Waals surface area (Å²) in [5.41, 5.74) is 4.70. The number of sulfonamides is 1. The van der Waals surface area contributed by atoms with Gasteiger partial charge in [0.1, 0.15) is 0 Å². The first-order valence-electron chi connectivity index (χ1n) is 5.61. The van der Waals surface area contributed by atoms with Crippen LogP contribution in [0.15, 0.2) is 27.6 Å². The van der Waals surface area contributed by atoms with E-state index in [0.29, 0.717) is 10.2 Å². The highest BCUT2D eigenvalue weighted by atomic mass is 79.9. The number of benzene rings is 1. The molecule has 19 heavy (non-hydrogen) atoms. The average Bonchev–Trinajstić information content (AvgIpc) is 2.35. The molecule has 0 aliphatic carbocycles. The Balaban J connectivity index is 3.17. The maximum absolute atomic E-state index is 12.3. The third kappa shape index (κ3) is 3.67. The lowest BCUT2D eigenvalue weighted by Gasteiger charge is -2.29. The Labute approximate surface area is 120 Å². The molecule has 0 amide bonds. The zero-order valence-electron chi connectivity index (χ0n) is 10.4. The van der Waals surface area contributed by atoms with E-state index in [-0.39, 0.29) is 11.3 Å². The van der Waals surface area contributed by atoms with Crippen molar-refractivity contribution in [1.82, 2.24) is 4.72 Å². The molecule has 8 heteroatoms. The average molecular weight is 353 g/mol. The van der Waals surface area contributed by atoms with Crippen molar-refractivity contribution < 1.29 is 18.6 Å². The van der Waals surface area contributed by atoms with E-state index in [1.807, 2.05) is 0 Å². The third-order valence-electron chi connectivity index (χ3n) is 2.88. The number of nitrogens with one attached hydrogen (secondary N) is 1. The molecule has 0 saturated carbocycles. The number of aliphatic hydroxyl groups is 2. The number of halogens is 1. The van der Waals surface area contributed by atoms with Crippen LogP contribution >= 0.6 is 15.9 Å². The van der Waals surface area contributed by atoms with Crippen LogP contribution in [0.1, 0.15) is 13.3 Å². The first-order chi connectivity index (χ1) is 8.80. The topological polar surface area (TPSA) is 113 Å². The number of nitrogen functional groups attached to an aromatic ring is 1. The molecule has 0 aliphatic rings. The molecule has 1 aromatic rings. The SMILES string of the molecule is CCC(CO)(CO)NS(=O)(=O)c1ccc(N)cc1Br. The minimum atomic E-state index is -3.87. The van der Waals surface area contributed by atoms with Gasteiger partial charge in [0.15, 0.2) is 0 Å². The van der Waals surface area contributed by atoms with Crippen LogP contribution in [0.25, 0.3) is 0 Å². The van der Waals surface area contributed by atoms with Gasteiger partial charge in [-0.2, -0.15) is 0 Å². The zero-order valence-corrected chi connectivity index (χ0v) is 12.8. The van der Waals surface area contributed by atoms with Crippen LogP contribution in [0.5, 0.6) is 0 Å². The van der Waals surface area contributed by atoms with Crippen LogP contribution in [0.3, 0.4) is 0 Å². The number of aliphatic hydroxyl groups excluding tert-OH is 2. The number of nitrogens with two attached hydrogens (primary N) is 1. The van der Waals surface area contributed by atoms with E-state index in [4.69, 9.17) is 5.73 Å². The molecule has 108 valence electrons. The molecule has 1 rings (SSSR count). The first kappa shape index (κ1) is 16.4. The van der Waals surface area contributed by atoms with Gasteiger partial charge in [-0.05, 0) is 40.5 Å². The van der Waals surface area contributed by atoms with Gasteiger partial charge in [0.05, 0.1) is 23.6 Å². The maximum atomic E-state index is 12.3. The number of hydrogen-bond donors (Lipinski definition) is 4. The smallest absolute Gasteiger partial charge is 0.242 e. The van der Waals surface area contributed by atoms with E-state index < -0.39 is 28.8 Å². The number of hydrogen-bond acceptors (Lipinski definition) is 5. The summed E-state index contributed by atoms with van der Waals surface area (Å²) < 4.78 is 27.2. The summed E-state index contributed by atoms with van der Waals surface area (Å²) in [4.78, 5) is 0.00132. The van der Waals surface area contributed by atoms with E-state index in [9.17, 15) is 18.6 Å². The molecule has 1 aromatic carbocycles. The number of rotatable bonds is 6. The predicted octanol–water partition coefficient (Wildman–Crippen LogP) is 0.443. The van der Waals surface area contributed by atoms with Gasteiger partial charge in [0.2, 0.25) is 10.0 Å². The standard InChI is InChI=1S/C11H17BrN2O4S/c1-2-11(6-15,7-16)14-19(17,18)10-4-3-8(13)5-9(10)12/h3-5,14-16H,2,6-7,13H2,1H3. The van der Waals surface area contributed by atoms with Crippen LogP contribution in [0, 0.1) is 0 Å². The maximum Gasteiger partial charge on any atom is 0.242 e. The Kier molecular flexibility index (Phi) is 5.34. The molecule has 0 aliphatic heterocycles. The van der Waals surface area contributed by atoms with Crippen LogP contribution in [0.4, 0.5) is 5.69 Å². The van der Waals surface area contributed by atoms with Crippen molar-refractivity contribution >= 4 is 31.6 Å². The Bertz CT molecular complexity index is 535. The largest absolute Gasteiger partial charge is 0.399 e. The lowest BCUT2D eigenvalue weighted by molar-refractivity contribution is 0.105. The predicted molar refractivity (Wildman–Crippen MR) is 76.1 cm³/mol. The highest BCUT2D eigenvalue weighted by Crippen LogP contribution is 2.25. The summed E-state index contributed by atoms with van der Waals surface area (Å²) in [5, 5.41) is 18.6. The lowest BCUT2D eigenvalue weighted by Crippen LogP contribution is -2.53. The molecule has 0 saturated heterocycles. The molecule has 0 unspecified atom stereocenters. The van der Waals surface area contributed by atoms with Gasteiger partial charge in [-0.25, -0.2) is 13.1 Å². The first-order valence-corrected chi connectivity index (χ1v) is 7.88. The summed E-state index contributed by atoms with van der Waals surface area (Å²) in [6, 6.07) is 4.29. The van der Waals surface area contributed by atoms with Crippen LogP contribution in [-0.2, 0) is 10.0 Å². The van der Waals surface area contributed by atoms with Gasteiger partial charge in [-0.15, -0.1) is 0 Å². The summed E-state index contributed by atoms with van der Waals surface area (Å²) in [7, 11) is -3.87. The van der Waals surface area contributed by atoms with Gasteiger partial charge in [0.25, 0.3) is 0 Å². The molecule has 5 N–H and O–H groups in total. The Morgan fingerprint density at radius 2 is 1.95 bits per heavy atom. The Morgan fingerprint density at radius 3 is 2.37 bits per heavy atom. The lowest BCUT2D eigenvalue weighted by atomic mass is 10.0. The van der Waals surface area contributed by atoms with Gasteiger partial charge in [-0.1, -0.05) is 6.92 Å². The Morgan fingerprint density at radius 1 is 1.37 bits per heavy atom. The fraction of sp³-hybridized carbons (Fsp3) is 0.455. The molecule has 0 aromatic heterocycles. The quantitative estimate of drug-likeness (QED) is 0.555. The molecule has 0 bridgehead atoms. The van der Waals surface area contributed by atoms with Crippen molar-refractivity contribution in [1.29, 1.82) is 0 Å². The fourth-order valence-electron chi connectivity index (χ4n) is 1.49. The van der Waals surface area contributed by atoms with Gasteiger partial charge in [-0.3, -0.25) is 0 Å². The van der Waals surface area contributed by atoms with Crippen molar-refractivity contribution in [3.8, 4) is 0 Å². The molecule has 0 heterocycles. The molecule has 6 nitrogen and oxygen atoms in total. The normalized spacial score (nSPS) is 12.6. The van der Waals surface area contributed by atoms with Crippen LogP contribution in [0.2, 0.25) is 0 Å². The van der Waals surface area contributed by atoms with E-state index in [0.717, 1.165) is 0 Å². The van der Waals surface area contributed by atoms with Gasteiger partial charge in [0, 0.05) is 10.2 Å². The van der Waals surface area contributed by atoms with Crippen LogP contribution < -0.4 is 10.5 Å². The van der Waals surface area contributed by atoms with Crippen molar-refractivity contribution in [3.63, 3.8) is 0 Å². The molecule has 0 atom stereocenters. The highest BCUT2D eigenvalue weighted by molar-refractivity contribution is 9.10. The van der Waals surface area contributed by atoms with Gasteiger partial charge < -0.3 is 15.9 Å². The molecule has 0 radical (unpaired) electrons. The molecule has 0 spiro atoms. The summed E-state index contributed by atoms with van der Waals surface area (Å²) in [6.45, 7) is 0.685. The highest BCUT2D eigenvalue weighted by Gasteiger charge is 2.33. The minimum absolute atomic E-state index is 0.00132. The van der Waals surface area contributed by atoms with Gasteiger partial charge >= 0.3 is 0 Å². The molecular weight excluding hydrogens is 336 g/mol. The Hall–Kier alpha value is -0.670. The molecular formula is C11H17BrN2O4S. The number of anilines is 1. The van der Waals surface area contributed by atoms with Crippen molar-refractivity contribution in [2.45, 2.75) is 23.8 Å². The zero-order chi connectivity index (χ0) is 14.7. The van der Waals surface area contributed by atoms with E-state index in [2.05, 4.69) is 20.7 Å². The summed E-state index contributed by atoms with van der Waals surface area (Å²) in [6.07, 6.45) is 0.256. The van der Waals surface area contributed by atoms with E-state index in [1.54, 1.807) is 6.92 Å². The second-order valence-corrected chi connectivity index (χ2v) is 6.75. The van der Waals surface area contributed by atoms with Crippen LogP contribution in [-0.4, -0.2) is 37.4 Å². The van der Waals surface area contributed by atoms with E-state index in [1.165, 1.54) is 18.2 Å². The van der Waals surface area contributed by atoms with Crippen molar-refractivity contribution in [3.05, 3.63) is 22.7 Å². The molecule has 0 fully saturated rings. The third-order valence-corrected chi connectivity index (χ3v) is 5.43. The van der Waals surface area contributed by atoms with Crippen molar-refractivity contribution in [2.75, 3.05) is 18.9 Å². The summed E-state index contributed by atoms with van der Waals surface area (Å²) >= 11 is 3.13. The minimum Gasteiger partial charge on any atom is -0.399 e. The second kappa shape index (κ2) is 6.19. The fourth-order valence-corrected chi connectivity index (χ4v) is 4.04. The summed E-state index contributed by atoms with van der Waals surface area (Å²) in [5.74, 6) is 0.